The van der Waals surface area contributed by atoms with Gasteiger partial charge in [0.25, 0.3) is 0 Å². The van der Waals surface area contributed by atoms with Crippen LogP contribution < -0.4 is 10.1 Å². The molecule has 0 aliphatic rings. The minimum atomic E-state index is 0.467. The first-order valence-electron chi connectivity index (χ1n) is 6.18. The third-order valence-electron chi connectivity index (χ3n) is 2.92. The molecule has 0 saturated heterocycles. The van der Waals surface area contributed by atoms with Crippen LogP contribution in [0.2, 0.25) is 10.0 Å². The number of halogens is 2. The molecule has 0 aliphatic heterocycles. The van der Waals surface area contributed by atoms with E-state index in [0.717, 1.165) is 22.3 Å². The second kappa shape index (κ2) is 5.76. The molecule has 0 saturated carbocycles. The van der Waals surface area contributed by atoms with Gasteiger partial charge in [-0.1, -0.05) is 29.3 Å². The second-order valence-corrected chi connectivity index (χ2v) is 5.24. The van der Waals surface area contributed by atoms with Gasteiger partial charge in [0.2, 0.25) is 5.95 Å². The van der Waals surface area contributed by atoms with E-state index in [2.05, 4.69) is 15.3 Å². The summed E-state index contributed by atoms with van der Waals surface area (Å²) in [6, 6.07) is 10.8. The predicted octanol–water partition coefficient (Wildman–Crippen LogP) is 4.69. The summed E-state index contributed by atoms with van der Waals surface area (Å²) < 4.78 is 5.28. The lowest BCUT2D eigenvalue weighted by Gasteiger charge is -2.08. The minimum Gasteiger partial charge on any atom is -0.496 e. The Morgan fingerprint density at radius 2 is 1.86 bits per heavy atom. The van der Waals surface area contributed by atoms with E-state index in [1.807, 2.05) is 18.2 Å². The topological polar surface area (TPSA) is 47.0 Å². The number of hydrogen-bond donors (Lipinski definition) is 1. The van der Waals surface area contributed by atoms with Gasteiger partial charge in [0, 0.05) is 21.9 Å². The molecule has 21 heavy (non-hydrogen) atoms. The van der Waals surface area contributed by atoms with Crippen molar-refractivity contribution in [1.29, 1.82) is 0 Å². The summed E-state index contributed by atoms with van der Waals surface area (Å²) in [5, 5.41) is 5.04. The van der Waals surface area contributed by atoms with Crippen LogP contribution in [0.3, 0.4) is 0 Å². The van der Waals surface area contributed by atoms with Gasteiger partial charge in [-0.3, -0.25) is 0 Å². The SMILES string of the molecule is COc1cccc2nc(Nc3cc(Cl)cc(Cl)c3)ncc12. The van der Waals surface area contributed by atoms with Crippen LogP contribution in [-0.2, 0) is 0 Å². The predicted molar refractivity (Wildman–Crippen MR) is 85.8 cm³/mol. The molecule has 4 nitrogen and oxygen atoms in total. The summed E-state index contributed by atoms with van der Waals surface area (Å²) in [7, 11) is 1.62. The molecule has 1 aromatic heterocycles. The van der Waals surface area contributed by atoms with Crippen LogP contribution in [0.5, 0.6) is 5.75 Å². The number of rotatable bonds is 3. The fourth-order valence-electron chi connectivity index (χ4n) is 2.02. The number of ether oxygens (including phenoxy) is 1. The van der Waals surface area contributed by atoms with Gasteiger partial charge in [-0.05, 0) is 30.3 Å². The molecule has 1 N–H and O–H groups in total. The maximum Gasteiger partial charge on any atom is 0.227 e. The summed E-state index contributed by atoms with van der Waals surface area (Å²) >= 11 is 11.9. The van der Waals surface area contributed by atoms with Crippen molar-refractivity contribution in [2.75, 3.05) is 12.4 Å². The van der Waals surface area contributed by atoms with E-state index in [1.54, 1.807) is 31.5 Å². The van der Waals surface area contributed by atoms with E-state index in [1.165, 1.54) is 0 Å². The van der Waals surface area contributed by atoms with Crippen molar-refractivity contribution in [2.24, 2.45) is 0 Å². The number of aromatic nitrogens is 2. The van der Waals surface area contributed by atoms with Crippen LogP contribution in [0.1, 0.15) is 0 Å². The van der Waals surface area contributed by atoms with Crippen LogP contribution in [-0.4, -0.2) is 17.1 Å². The average molecular weight is 320 g/mol. The maximum absolute atomic E-state index is 5.97. The highest BCUT2D eigenvalue weighted by atomic mass is 35.5. The van der Waals surface area contributed by atoms with Gasteiger partial charge in [-0.25, -0.2) is 9.97 Å². The Morgan fingerprint density at radius 1 is 1.10 bits per heavy atom. The minimum absolute atomic E-state index is 0.467. The lowest BCUT2D eigenvalue weighted by molar-refractivity contribution is 0.419. The first-order valence-corrected chi connectivity index (χ1v) is 6.94. The molecule has 0 spiro atoms. The Kier molecular flexibility index (Phi) is 3.82. The van der Waals surface area contributed by atoms with Crippen molar-refractivity contribution >= 4 is 45.7 Å². The molecule has 2 aromatic carbocycles. The van der Waals surface area contributed by atoms with Gasteiger partial charge in [0.1, 0.15) is 5.75 Å². The maximum atomic E-state index is 5.97. The smallest absolute Gasteiger partial charge is 0.227 e. The third-order valence-corrected chi connectivity index (χ3v) is 3.36. The first-order chi connectivity index (χ1) is 10.2. The summed E-state index contributed by atoms with van der Waals surface area (Å²) in [5.74, 6) is 1.21. The van der Waals surface area contributed by atoms with Gasteiger partial charge in [-0.2, -0.15) is 0 Å². The van der Waals surface area contributed by atoms with Crippen LogP contribution in [0, 0.1) is 0 Å². The fourth-order valence-corrected chi connectivity index (χ4v) is 2.55. The molecule has 0 fully saturated rings. The highest BCUT2D eigenvalue weighted by Crippen LogP contribution is 2.26. The number of nitrogens with one attached hydrogen (secondary N) is 1. The van der Waals surface area contributed by atoms with E-state index in [0.29, 0.717) is 16.0 Å². The van der Waals surface area contributed by atoms with E-state index in [4.69, 9.17) is 27.9 Å². The van der Waals surface area contributed by atoms with Crippen molar-refractivity contribution < 1.29 is 4.74 Å². The highest BCUT2D eigenvalue weighted by Gasteiger charge is 2.06. The van der Waals surface area contributed by atoms with E-state index < -0.39 is 0 Å². The molecule has 0 amide bonds. The molecule has 106 valence electrons. The van der Waals surface area contributed by atoms with Crippen molar-refractivity contribution in [3.8, 4) is 5.75 Å². The third kappa shape index (κ3) is 3.01. The van der Waals surface area contributed by atoms with Gasteiger partial charge in [-0.15, -0.1) is 0 Å². The van der Waals surface area contributed by atoms with Crippen molar-refractivity contribution in [1.82, 2.24) is 9.97 Å². The molecule has 1 heterocycles. The Balaban J connectivity index is 1.98. The molecule has 3 rings (SSSR count). The van der Waals surface area contributed by atoms with Crippen LogP contribution >= 0.6 is 23.2 Å². The normalized spacial score (nSPS) is 10.6. The first kappa shape index (κ1) is 13.9. The van der Waals surface area contributed by atoms with Crippen LogP contribution in [0.15, 0.2) is 42.6 Å². The molecule has 0 unspecified atom stereocenters. The zero-order chi connectivity index (χ0) is 14.8. The summed E-state index contributed by atoms with van der Waals surface area (Å²) in [6.45, 7) is 0. The number of methoxy groups -OCH3 is 1. The Hall–Kier alpha value is -2.04. The second-order valence-electron chi connectivity index (χ2n) is 4.37. The van der Waals surface area contributed by atoms with Gasteiger partial charge in [0.05, 0.1) is 18.0 Å². The lowest BCUT2D eigenvalue weighted by atomic mass is 10.2. The molecular formula is C15H11Cl2N3O. The zero-order valence-electron chi connectivity index (χ0n) is 11.1. The van der Waals surface area contributed by atoms with Crippen molar-refractivity contribution in [3.05, 3.63) is 52.6 Å². The molecule has 0 radical (unpaired) electrons. The largest absolute Gasteiger partial charge is 0.496 e. The number of fused-ring (bicyclic) bond motifs is 1. The van der Waals surface area contributed by atoms with Crippen molar-refractivity contribution in [2.45, 2.75) is 0 Å². The Morgan fingerprint density at radius 3 is 2.57 bits per heavy atom. The molecule has 3 aromatic rings. The van der Waals surface area contributed by atoms with Crippen LogP contribution in [0.4, 0.5) is 11.6 Å². The summed E-state index contributed by atoms with van der Waals surface area (Å²) in [5.41, 5.74) is 1.52. The zero-order valence-corrected chi connectivity index (χ0v) is 12.6. The fraction of sp³-hybridized carbons (Fsp3) is 0.0667. The number of benzene rings is 2. The average Bonchev–Trinajstić information content (AvgIpc) is 2.45. The monoisotopic (exact) mass is 319 g/mol. The van der Waals surface area contributed by atoms with Gasteiger partial charge in [0.15, 0.2) is 0 Å². The van der Waals surface area contributed by atoms with E-state index >= 15 is 0 Å². The quantitative estimate of drug-likeness (QED) is 0.760. The van der Waals surface area contributed by atoms with Gasteiger partial charge >= 0.3 is 0 Å². The van der Waals surface area contributed by atoms with Gasteiger partial charge < -0.3 is 10.1 Å². The lowest BCUT2D eigenvalue weighted by Crippen LogP contribution is -1.97. The van der Waals surface area contributed by atoms with E-state index in [-0.39, 0.29) is 0 Å². The Bertz CT molecular complexity index is 788. The number of nitrogens with zero attached hydrogens (tertiary/aromatic N) is 2. The molecule has 0 bridgehead atoms. The molecule has 6 heteroatoms. The number of anilines is 2. The summed E-state index contributed by atoms with van der Waals surface area (Å²) in [6.07, 6.45) is 1.72. The van der Waals surface area contributed by atoms with Crippen LogP contribution in [0.25, 0.3) is 10.9 Å². The molecule has 0 atom stereocenters. The molecule has 0 aliphatic carbocycles. The highest BCUT2D eigenvalue weighted by molar-refractivity contribution is 6.35. The standard InChI is InChI=1S/C15H11Cl2N3O/c1-21-14-4-2-3-13-12(14)8-18-15(20-13)19-11-6-9(16)5-10(17)7-11/h2-8H,1H3,(H,18,19,20). The van der Waals surface area contributed by atoms with Crippen molar-refractivity contribution in [3.63, 3.8) is 0 Å². The van der Waals surface area contributed by atoms with E-state index in [9.17, 15) is 0 Å². The molecular weight excluding hydrogens is 309 g/mol. The Labute approximate surface area is 131 Å². The summed E-state index contributed by atoms with van der Waals surface area (Å²) in [4.78, 5) is 8.73. The number of hydrogen-bond acceptors (Lipinski definition) is 4.